The van der Waals surface area contributed by atoms with Crippen LogP contribution in [0.2, 0.25) is 0 Å². The third kappa shape index (κ3) is 4.21. The average molecular weight is 291 g/mol. The number of ether oxygens (including phenoxy) is 2. The Kier molecular flexibility index (Phi) is 5.23. The molecule has 3 atom stereocenters. The second-order valence-electron chi connectivity index (χ2n) is 5.76. The van der Waals surface area contributed by atoms with Crippen molar-refractivity contribution in [3.63, 3.8) is 0 Å². The zero-order valence-corrected chi connectivity index (χ0v) is 13.3. The molecule has 4 nitrogen and oxygen atoms in total. The molecule has 116 valence electrons. The maximum absolute atomic E-state index is 12.5. The van der Waals surface area contributed by atoms with Crippen molar-refractivity contribution in [2.45, 2.75) is 52.4 Å². The van der Waals surface area contributed by atoms with Gasteiger partial charge in [0.2, 0.25) is 0 Å². The van der Waals surface area contributed by atoms with E-state index in [1.807, 2.05) is 43.0 Å². The Morgan fingerprint density at radius 1 is 1.29 bits per heavy atom. The molecule has 1 aromatic rings. The van der Waals surface area contributed by atoms with Gasteiger partial charge in [-0.3, -0.25) is 4.79 Å². The molecule has 1 aliphatic heterocycles. The van der Waals surface area contributed by atoms with E-state index in [4.69, 9.17) is 9.47 Å². The summed E-state index contributed by atoms with van der Waals surface area (Å²) in [7, 11) is 0. The molecule has 0 aromatic heterocycles. The quantitative estimate of drug-likeness (QED) is 0.856. The molecular weight excluding hydrogens is 266 g/mol. The van der Waals surface area contributed by atoms with Crippen molar-refractivity contribution in [3.05, 3.63) is 29.8 Å². The van der Waals surface area contributed by atoms with E-state index in [1.54, 1.807) is 6.92 Å². The maximum atomic E-state index is 12.5. The van der Waals surface area contributed by atoms with Crippen LogP contribution in [0.5, 0.6) is 5.75 Å². The Bertz CT molecular complexity index is 461. The van der Waals surface area contributed by atoms with E-state index in [-0.39, 0.29) is 18.1 Å². The van der Waals surface area contributed by atoms with E-state index in [2.05, 4.69) is 6.92 Å². The van der Waals surface area contributed by atoms with Crippen LogP contribution in [-0.4, -0.2) is 42.2 Å². The number of nitrogens with zero attached hydrogens (tertiary/aromatic N) is 1. The van der Waals surface area contributed by atoms with Crippen LogP contribution in [0.15, 0.2) is 24.3 Å². The van der Waals surface area contributed by atoms with Gasteiger partial charge in [-0.25, -0.2) is 0 Å². The fourth-order valence-corrected chi connectivity index (χ4v) is 2.67. The van der Waals surface area contributed by atoms with Crippen LogP contribution in [0.25, 0.3) is 0 Å². The van der Waals surface area contributed by atoms with Crippen molar-refractivity contribution in [2.75, 3.05) is 13.1 Å². The van der Waals surface area contributed by atoms with Gasteiger partial charge < -0.3 is 14.4 Å². The molecule has 21 heavy (non-hydrogen) atoms. The molecule has 0 bridgehead atoms. The topological polar surface area (TPSA) is 38.8 Å². The van der Waals surface area contributed by atoms with E-state index in [0.29, 0.717) is 13.1 Å². The summed E-state index contributed by atoms with van der Waals surface area (Å²) < 4.78 is 11.4. The standard InChI is InChI=1S/C17H25NO3/c1-5-15-6-8-16(9-7-15)21-14(4)17(19)18-10-12(2)20-13(3)11-18/h6-9,12-14H,5,10-11H2,1-4H3/t12-,13-,14+/m0/s1. The molecule has 1 heterocycles. The van der Waals surface area contributed by atoms with Crippen LogP contribution in [0.1, 0.15) is 33.3 Å². The Balaban J connectivity index is 1.95. The summed E-state index contributed by atoms with van der Waals surface area (Å²) in [4.78, 5) is 14.3. The minimum Gasteiger partial charge on any atom is -0.481 e. The summed E-state index contributed by atoms with van der Waals surface area (Å²) in [6.07, 6.45) is 0.677. The first kappa shape index (κ1) is 15.8. The Morgan fingerprint density at radius 3 is 2.38 bits per heavy atom. The van der Waals surface area contributed by atoms with E-state index < -0.39 is 6.10 Å². The molecular formula is C17H25NO3. The Hall–Kier alpha value is -1.55. The molecule has 1 fully saturated rings. The van der Waals surface area contributed by atoms with E-state index in [1.165, 1.54) is 5.56 Å². The first-order chi connectivity index (χ1) is 9.99. The van der Waals surface area contributed by atoms with Gasteiger partial charge in [-0.2, -0.15) is 0 Å². The molecule has 2 rings (SSSR count). The van der Waals surface area contributed by atoms with Gasteiger partial charge in [0, 0.05) is 13.1 Å². The average Bonchev–Trinajstić information content (AvgIpc) is 2.46. The Morgan fingerprint density at radius 2 is 1.86 bits per heavy atom. The highest BCUT2D eigenvalue weighted by Crippen LogP contribution is 2.17. The van der Waals surface area contributed by atoms with Gasteiger partial charge in [0.1, 0.15) is 5.75 Å². The van der Waals surface area contributed by atoms with Gasteiger partial charge in [0.15, 0.2) is 6.10 Å². The highest BCUT2D eigenvalue weighted by atomic mass is 16.5. The lowest BCUT2D eigenvalue weighted by atomic mass is 10.2. The summed E-state index contributed by atoms with van der Waals surface area (Å²) in [6, 6.07) is 7.91. The van der Waals surface area contributed by atoms with Gasteiger partial charge in [0.05, 0.1) is 12.2 Å². The van der Waals surface area contributed by atoms with Crippen molar-refractivity contribution >= 4 is 5.91 Å². The predicted molar refractivity (Wildman–Crippen MR) is 82.5 cm³/mol. The fraction of sp³-hybridized carbons (Fsp3) is 0.588. The molecule has 1 aliphatic rings. The normalized spacial score (nSPS) is 23.7. The maximum Gasteiger partial charge on any atom is 0.263 e. The third-order valence-electron chi connectivity index (χ3n) is 3.72. The van der Waals surface area contributed by atoms with E-state index in [9.17, 15) is 4.79 Å². The minimum atomic E-state index is -0.477. The van der Waals surface area contributed by atoms with Crippen molar-refractivity contribution in [1.82, 2.24) is 4.90 Å². The second-order valence-corrected chi connectivity index (χ2v) is 5.76. The number of morpholine rings is 1. The molecule has 0 N–H and O–H groups in total. The number of hydrogen-bond acceptors (Lipinski definition) is 3. The highest BCUT2D eigenvalue weighted by Gasteiger charge is 2.29. The first-order valence-electron chi connectivity index (χ1n) is 7.69. The molecule has 4 heteroatoms. The van der Waals surface area contributed by atoms with Crippen LogP contribution in [0.4, 0.5) is 0 Å². The molecule has 1 amide bonds. The van der Waals surface area contributed by atoms with E-state index in [0.717, 1.165) is 12.2 Å². The smallest absolute Gasteiger partial charge is 0.263 e. The zero-order valence-electron chi connectivity index (χ0n) is 13.3. The predicted octanol–water partition coefficient (Wildman–Crippen LogP) is 2.65. The third-order valence-corrected chi connectivity index (χ3v) is 3.72. The van der Waals surface area contributed by atoms with Crippen LogP contribution in [0, 0.1) is 0 Å². The van der Waals surface area contributed by atoms with Gasteiger partial charge >= 0.3 is 0 Å². The lowest BCUT2D eigenvalue weighted by Gasteiger charge is -2.36. The van der Waals surface area contributed by atoms with E-state index >= 15 is 0 Å². The molecule has 0 spiro atoms. The largest absolute Gasteiger partial charge is 0.481 e. The summed E-state index contributed by atoms with van der Waals surface area (Å²) in [5, 5.41) is 0. The van der Waals surface area contributed by atoms with Gasteiger partial charge in [-0.05, 0) is 44.9 Å². The molecule has 0 saturated carbocycles. The molecule has 0 aliphatic carbocycles. The second kappa shape index (κ2) is 6.94. The van der Waals surface area contributed by atoms with Crippen LogP contribution in [0.3, 0.4) is 0 Å². The van der Waals surface area contributed by atoms with Crippen molar-refractivity contribution < 1.29 is 14.3 Å². The highest BCUT2D eigenvalue weighted by molar-refractivity contribution is 5.81. The summed E-state index contributed by atoms with van der Waals surface area (Å²) >= 11 is 0. The monoisotopic (exact) mass is 291 g/mol. The van der Waals surface area contributed by atoms with Crippen molar-refractivity contribution in [3.8, 4) is 5.75 Å². The SMILES string of the molecule is CCc1ccc(O[C@H](C)C(=O)N2C[C@H](C)O[C@@H](C)C2)cc1. The fourth-order valence-electron chi connectivity index (χ4n) is 2.67. The molecule has 0 radical (unpaired) electrons. The van der Waals surface area contributed by atoms with Crippen LogP contribution in [-0.2, 0) is 16.0 Å². The Labute approximate surface area is 127 Å². The number of benzene rings is 1. The van der Waals surface area contributed by atoms with Gasteiger partial charge in [-0.15, -0.1) is 0 Å². The number of amides is 1. The number of carbonyl (C=O) groups is 1. The van der Waals surface area contributed by atoms with Crippen molar-refractivity contribution in [1.29, 1.82) is 0 Å². The summed E-state index contributed by atoms with van der Waals surface area (Å²) in [6.45, 7) is 9.16. The number of aryl methyl sites for hydroxylation is 1. The zero-order chi connectivity index (χ0) is 15.4. The molecule has 1 aromatic carbocycles. The van der Waals surface area contributed by atoms with Crippen LogP contribution >= 0.6 is 0 Å². The van der Waals surface area contributed by atoms with Gasteiger partial charge in [0.25, 0.3) is 5.91 Å². The number of carbonyl (C=O) groups excluding carboxylic acids is 1. The van der Waals surface area contributed by atoms with Crippen LogP contribution < -0.4 is 4.74 Å². The molecule has 1 saturated heterocycles. The first-order valence-corrected chi connectivity index (χ1v) is 7.69. The summed E-state index contributed by atoms with van der Waals surface area (Å²) in [5.41, 5.74) is 1.26. The van der Waals surface area contributed by atoms with Crippen molar-refractivity contribution in [2.24, 2.45) is 0 Å². The number of hydrogen-bond donors (Lipinski definition) is 0. The van der Waals surface area contributed by atoms with Gasteiger partial charge in [-0.1, -0.05) is 19.1 Å². The lowest BCUT2D eigenvalue weighted by molar-refractivity contribution is -0.149. The number of rotatable bonds is 4. The minimum absolute atomic E-state index is 0.0246. The molecule has 0 unspecified atom stereocenters. The lowest BCUT2D eigenvalue weighted by Crippen LogP contribution is -2.51. The summed E-state index contributed by atoms with van der Waals surface area (Å²) in [5.74, 6) is 0.763.